The number of nitrogens with zero attached hydrogens (tertiary/aromatic N) is 4. The van der Waals surface area contributed by atoms with Crippen molar-refractivity contribution in [3.8, 4) is 0 Å². The second kappa shape index (κ2) is 5.54. The summed E-state index contributed by atoms with van der Waals surface area (Å²) in [5.41, 5.74) is 2.01. The van der Waals surface area contributed by atoms with E-state index in [0.29, 0.717) is 23.5 Å². The molecular weight excluding hydrogens is 294 g/mol. The van der Waals surface area contributed by atoms with E-state index in [4.69, 9.17) is 0 Å². The molecule has 0 saturated heterocycles. The van der Waals surface area contributed by atoms with E-state index in [1.165, 1.54) is 12.8 Å². The van der Waals surface area contributed by atoms with Crippen LogP contribution in [0.25, 0.3) is 5.52 Å². The molecule has 0 radical (unpaired) electrons. The predicted octanol–water partition coefficient (Wildman–Crippen LogP) is 1.87. The molecule has 4 rings (SSSR count). The molecule has 0 bridgehead atoms. The molecule has 8 heteroatoms. The first kappa shape index (κ1) is 14.0. The molecule has 1 saturated carbocycles. The normalized spacial score (nSPS) is 15.7. The van der Waals surface area contributed by atoms with Gasteiger partial charge in [0.25, 0.3) is 0 Å². The largest absolute Gasteiger partial charge is 0.394 e. The molecule has 23 heavy (non-hydrogen) atoms. The first-order chi connectivity index (χ1) is 11.2. The summed E-state index contributed by atoms with van der Waals surface area (Å²) in [5.74, 6) is 2.45. The van der Waals surface area contributed by atoms with Crippen LogP contribution in [0.1, 0.15) is 31.4 Å². The van der Waals surface area contributed by atoms with E-state index in [-0.39, 0.29) is 12.6 Å². The molecule has 0 aromatic carbocycles. The van der Waals surface area contributed by atoms with Gasteiger partial charge in [0.05, 0.1) is 6.61 Å². The molecule has 1 aliphatic carbocycles. The SMILES string of the molecule is C[C@@H](CO)Nc1nc(Nc2cc(C3CC3)[nH]n2)nn2cccc12. The molecule has 120 valence electrons. The van der Waals surface area contributed by atoms with Crippen LogP contribution < -0.4 is 10.6 Å². The first-order valence-corrected chi connectivity index (χ1v) is 7.78. The number of anilines is 3. The molecule has 0 amide bonds. The van der Waals surface area contributed by atoms with Crippen molar-refractivity contribution in [1.29, 1.82) is 0 Å². The minimum Gasteiger partial charge on any atom is -0.394 e. The number of hydrogen-bond acceptors (Lipinski definition) is 6. The van der Waals surface area contributed by atoms with Gasteiger partial charge in [-0.1, -0.05) is 0 Å². The van der Waals surface area contributed by atoms with Crippen LogP contribution in [0.15, 0.2) is 24.4 Å². The van der Waals surface area contributed by atoms with Gasteiger partial charge >= 0.3 is 0 Å². The van der Waals surface area contributed by atoms with E-state index in [0.717, 1.165) is 11.2 Å². The van der Waals surface area contributed by atoms with Crippen molar-refractivity contribution < 1.29 is 5.11 Å². The molecule has 1 atom stereocenters. The van der Waals surface area contributed by atoms with Gasteiger partial charge in [0, 0.05) is 29.9 Å². The zero-order valence-electron chi connectivity index (χ0n) is 12.8. The van der Waals surface area contributed by atoms with E-state index < -0.39 is 0 Å². The second-order valence-corrected chi connectivity index (χ2v) is 5.96. The van der Waals surface area contributed by atoms with Crippen molar-refractivity contribution in [3.05, 3.63) is 30.1 Å². The Morgan fingerprint density at radius 1 is 1.48 bits per heavy atom. The zero-order chi connectivity index (χ0) is 15.8. The highest BCUT2D eigenvalue weighted by Gasteiger charge is 2.25. The Balaban J connectivity index is 1.62. The van der Waals surface area contributed by atoms with Crippen LogP contribution in [-0.4, -0.2) is 42.6 Å². The Morgan fingerprint density at radius 3 is 3.13 bits per heavy atom. The maximum absolute atomic E-state index is 9.24. The van der Waals surface area contributed by atoms with E-state index in [1.54, 1.807) is 4.52 Å². The number of hydrogen-bond donors (Lipinski definition) is 4. The lowest BCUT2D eigenvalue weighted by atomic mass is 10.3. The lowest BCUT2D eigenvalue weighted by Crippen LogP contribution is -2.21. The number of fused-ring (bicyclic) bond motifs is 1. The van der Waals surface area contributed by atoms with E-state index in [9.17, 15) is 5.11 Å². The third kappa shape index (κ3) is 2.85. The van der Waals surface area contributed by atoms with Gasteiger partial charge in [-0.05, 0) is 31.9 Å². The van der Waals surface area contributed by atoms with Crippen LogP contribution in [0.4, 0.5) is 17.6 Å². The van der Waals surface area contributed by atoms with Crippen LogP contribution in [0.5, 0.6) is 0 Å². The topological polar surface area (TPSA) is 103 Å². The van der Waals surface area contributed by atoms with Crippen molar-refractivity contribution in [2.24, 2.45) is 0 Å². The van der Waals surface area contributed by atoms with E-state index >= 15 is 0 Å². The van der Waals surface area contributed by atoms with Gasteiger partial charge < -0.3 is 15.7 Å². The van der Waals surface area contributed by atoms with Crippen LogP contribution in [-0.2, 0) is 0 Å². The Hall–Kier alpha value is -2.61. The number of aromatic amines is 1. The minimum atomic E-state index is -0.0942. The third-order valence-electron chi connectivity index (χ3n) is 3.90. The molecule has 3 aromatic heterocycles. The number of aliphatic hydroxyl groups excluding tert-OH is 1. The molecule has 0 spiro atoms. The highest BCUT2D eigenvalue weighted by molar-refractivity contribution is 5.69. The summed E-state index contributed by atoms with van der Waals surface area (Å²) in [5, 5.41) is 27.3. The lowest BCUT2D eigenvalue weighted by Gasteiger charge is -2.13. The van der Waals surface area contributed by atoms with Crippen molar-refractivity contribution in [2.75, 3.05) is 17.2 Å². The van der Waals surface area contributed by atoms with E-state index in [1.807, 2.05) is 31.3 Å². The number of aromatic nitrogens is 5. The van der Waals surface area contributed by atoms with E-state index in [2.05, 4.69) is 30.9 Å². The zero-order valence-corrected chi connectivity index (χ0v) is 12.8. The van der Waals surface area contributed by atoms with Crippen molar-refractivity contribution >= 4 is 23.1 Å². The summed E-state index contributed by atoms with van der Waals surface area (Å²) in [4.78, 5) is 4.51. The van der Waals surface area contributed by atoms with Gasteiger partial charge in [0.1, 0.15) is 5.52 Å². The number of H-pyrrole nitrogens is 1. The molecular formula is C15H19N7O. The average Bonchev–Trinajstić information content (AvgIpc) is 3.10. The fraction of sp³-hybridized carbons (Fsp3) is 0.400. The molecule has 8 nitrogen and oxygen atoms in total. The molecule has 0 aliphatic heterocycles. The molecule has 0 unspecified atom stereocenters. The summed E-state index contributed by atoms with van der Waals surface area (Å²) in [6.07, 6.45) is 4.30. The Bertz CT molecular complexity index is 820. The van der Waals surface area contributed by atoms with Gasteiger partial charge in [-0.25, -0.2) is 4.52 Å². The van der Waals surface area contributed by atoms with Crippen LogP contribution in [0.2, 0.25) is 0 Å². The summed E-state index contributed by atoms with van der Waals surface area (Å²) in [7, 11) is 0. The average molecular weight is 313 g/mol. The highest BCUT2D eigenvalue weighted by atomic mass is 16.3. The van der Waals surface area contributed by atoms with Gasteiger partial charge in [-0.3, -0.25) is 5.10 Å². The predicted molar refractivity (Wildman–Crippen MR) is 87.0 cm³/mol. The summed E-state index contributed by atoms with van der Waals surface area (Å²) >= 11 is 0. The monoisotopic (exact) mass is 313 g/mol. The van der Waals surface area contributed by atoms with Crippen molar-refractivity contribution in [3.63, 3.8) is 0 Å². The Labute approximate surface area is 132 Å². The fourth-order valence-electron chi connectivity index (χ4n) is 2.49. The molecule has 3 heterocycles. The Morgan fingerprint density at radius 2 is 2.35 bits per heavy atom. The lowest BCUT2D eigenvalue weighted by molar-refractivity contribution is 0.281. The van der Waals surface area contributed by atoms with Gasteiger partial charge in [0.15, 0.2) is 11.6 Å². The second-order valence-electron chi connectivity index (χ2n) is 5.96. The molecule has 1 fully saturated rings. The molecule has 4 N–H and O–H groups in total. The quantitative estimate of drug-likeness (QED) is 0.554. The molecule has 3 aromatic rings. The number of rotatable bonds is 6. The summed E-state index contributed by atoms with van der Waals surface area (Å²) in [6.45, 7) is 1.92. The van der Waals surface area contributed by atoms with Crippen LogP contribution >= 0.6 is 0 Å². The summed E-state index contributed by atoms with van der Waals surface area (Å²) in [6, 6.07) is 5.74. The fourth-order valence-corrected chi connectivity index (χ4v) is 2.49. The standard InChI is InChI=1S/C15H19N7O/c1-9(8-23)16-14-12-3-2-6-22(12)21-15(18-14)17-13-7-11(19-20-13)10-4-5-10/h2-3,6-7,9-10,23H,4-5,8H2,1H3,(H3,16,17,18,19,20,21)/t9-/m0/s1. The van der Waals surface area contributed by atoms with Gasteiger partial charge in [-0.2, -0.15) is 10.1 Å². The number of nitrogens with one attached hydrogen (secondary N) is 3. The highest BCUT2D eigenvalue weighted by Crippen LogP contribution is 2.39. The van der Waals surface area contributed by atoms with Gasteiger partial charge in [0.2, 0.25) is 5.95 Å². The minimum absolute atomic E-state index is 0.0315. The van der Waals surface area contributed by atoms with Crippen LogP contribution in [0.3, 0.4) is 0 Å². The van der Waals surface area contributed by atoms with Crippen molar-refractivity contribution in [1.82, 2.24) is 24.8 Å². The molecule has 1 aliphatic rings. The first-order valence-electron chi connectivity index (χ1n) is 7.78. The van der Waals surface area contributed by atoms with Crippen LogP contribution in [0, 0.1) is 0 Å². The maximum Gasteiger partial charge on any atom is 0.248 e. The third-order valence-corrected chi connectivity index (χ3v) is 3.90. The smallest absolute Gasteiger partial charge is 0.248 e. The van der Waals surface area contributed by atoms with Crippen molar-refractivity contribution in [2.45, 2.75) is 31.7 Å². The summed E-state index contributed by atoms with van der Waals surface area (Å²) < 4.78 is 1.75. The maximum atomic E-state index is 9.24. The number of aliphatic hydroxyl groups is 1. The van der Waals surface area contributed by atoms with Gasteiger partial charge in [-0.15, -0.1) is 5.10 Å². The Kier molecular flexibility index (Phi) is 3.38.